The number of rotatable bonds is 6. The monoisotopic (exact) mass is 341 g/mol. The van der Waals surface area contributed by atoms with Crippen molar-refractivity contribution in [2.75, 3.05) is 26.0 Å². The second-order valence-corrected chi connectivity index (χ2v) is 7.06. The van der Waals surface area contributed by atoms with Gasteiger partial charge in [-0.2, -0.15) is 0 Å². The van der Waals surface area contributed by atoms with Crippen molar-refractivity contribution >= 4 is 17.7 Å². The fourth-order valence-electron chi connectivity index (χ4n) is 3.06. The SMILES string of the molecule is COc1ccc([C@H]2CCN(C(=O)CSCc3ccccc3)C2)cc1. The Morgan fingerprint density at radius 1 is 1.17 bits per heavy atom. The summed E-state index contributed by atoms with van der Waals surface area (Å²) in [7, 11) is 1.68. The van der Waals surface area contributed by atoms with Gasteiger partial charge in [0.25, 0.3) is 0 Å². The van der Waals surface area contributed by atoms with Crippen LogP contribution in [-0.4, -0.2) is 36.8 Å². The molecular weight excluding hydrogens is 318 g/mol. The maximum atomic E-state index is 12.4. The summed E-state index contributed by atoms with van der Waals surface area (Å²) in [6.45, 7) is 1.69. The lowest BCUT2D eigenvalue weighted by Gasteiger charge is -2.16. The standard InChI is InChI=1S/C20H23NO2S/c1-23-19-9-7-17(8-10-19)18-11-12-21(13-18)20(22)15-24-14-16-5-3-2-4-6-16/h2-10,18H,11-15H2,1H3/t18-/m0/s1. The zero-order valence-corrected chi connectivity index (χ0v) is 14.8. The Morgan fingerprint density at radius 3 is 2.62 bits per heavy atom. The first-order valence-corrected chi connectivity index (χ1v) is 9.45. The van der Waals surface area contributed by atoms with Crippen molar-refractivity contribution < 1.29 is 9.53 Å². The Labute approximate surface area is 148 Å². The minimum atomic E-state index is 0.256. The Morgan fingerprint density at radius 2 is 1.92 bits per heavy atom. The molecule has 0 aliphatic carbocycles. The molecule has 1 heterocycles. The maximum Gasteiger partial charge on any atom is 0.232 e. The van der Waals surface area contributed by atoms with E-state index in [0.29, 0.717) is 11.7 Å². The summed E-state index contributed by atoms with van der Waals surface area (Å²) in [6, 6.07) is 18.5. The molecule has 2 aromatic carbocycles. The number of methoxy groups -OCH3 is 1. The molecule has 2 aromatic rings. The van der Waals surface area contributed by atoms with E-state index in [9.17, 15) is 4.79 Å². The average molecular weight is 341 g/mol. The fraction of sp³-hybridized carbons (Fsp3) is 0.350. The van der Waals surface area contributed by atoms with Gasteiger partial charge in [-0.05, 0) is 29.7 Å². The van der Waals surface area contributed by atoms with Crippen molar-refractivity contribution in [3.8, 4) is 5.75 Å². The number of ether oxygens (including phenoxy) is 1. The van der Waals surface area contributed by atoms with Gasteiger partial charge in [0.1, 0.15) is 5.75 Å². The number of thioether (sulfide) groups is 1. The lowest BCUT2D eigenvalue weighted by atomic mass is 9.98. The molecule has 1 fully saturated rings. The topological polar surface area (TPSA) is 29.5 Å². The van der Waals surface area contributed by atoms with E-state index in [-0.39, 0.29) is 5.91 Å². The molecule has 1 atom stereocenters. The molecule has 0 bridgehead atoms. The van der Waals surface area contributed by atoms with Gasteiger partial charge >= 0.3 is 0 Å². The van der Waals surface area contributed by atoms with Crippen LogP contribution in [0.2, 0.25) is 0 Å². The minimum absolute atomic E-state index is 0.256. The van der Waals surface area contributed by atoms with E-state index in [0.717, 1.165) is 31.0 Å². The highest BCUT2D eigenvalue weighted by Crippen LogP contribution is 2.29. The molecule has 0 N–H and O–H groups in total. The van der Waals surface area contributed by atoms with Gasteiger partial charge in [0.15, 0.2) is 0 Å². The Kier molecular flexibility index (Phi) is 5.81. The average Bonchev–Trinajstić information content (AvgIpc) is 3.13. The van der Waals surface area contributed by atoms with Crippen molar-refractivity contribution in [2.24, 2.45) is 0 Å². The largest absolute Gasteiger partial charge is 0.497 e. The first kappa shape index (κ1) is 16.9. The highest BCUT2D eigenvalue weighted by molar-refractivity contribution is 7.99. The highest BCUT2D eigenvalue weighted by atomic mass is 32.2. The number of likely N-dealkylation sites (tertiary alicyclic amines) is 1. The van der Waals surface area contributed by atoms with Crippen molar-refractivity contribution in [1.82, 2.24) is 4.90 Å². The molecule has 0 aromatic heterocycles. The van der Waals surface area contributed by atoms with Crippen LogP contribution in [0.25, 0.3) is 0 Å². The van der Waals surface area contributed by atoms with E-state index in [2.05, 4.69) is 24.3 Å². The number of hydrogen-bond donors (Lipinski definition) is 0. The quantitative estimate of drug-likeness (QED) is 0.797. The third-order valence-corrected chi connectivity index (χ3v) is 5.45. The summed E-state index contributed by atoms with van der Waals surface area (Å²) in [5.74, 6) is 3.03. The zero-order valence-electron chi connectivity index (χ0n) is 14.0. The van der Waals surface area contributed by atoms with Crippen LogP contribution in [-0.2, 0) is 10.5 Å². The van der Waals surface area contributed by atoms with E-state index in [1.807, 2.05) is 35.2 Å². The van der Waals surface area contributed by atoms with Gasteiger partial charge in [-0.3, -0.25) is 4.79 Å². The minimum Gasteiger partial charge on any atom is -0.497 e. The number of carbonyl (C=O) groups is 1. The molecule has 24 heavy (non-hydrogen) atoms. The summed E-state index contributed by atoms with van der Waals surface area (Å²) >= 11 is 1.70. The van der Waals surface area contributed by atoms with Gasteiger partial charge in [-0.1, -0.05) is 42.5 Å². The Hall–Kier alpha value is -1.94. The van der Waals surface area contributed by atoms with E-state index in [1.165, 1.54) is 11.1 Å². The third-order valence-electron chi connectivity index (χ3n) is 4.47. The number of hydrogen-bond acceptors (Lipinski definition) is 3. The molecule has 1 saturated heterocycles. The van der Waals surface area contributed by atoms with Crippen molar-refractivity contribution in [2.45, 2.75) is 18.1 Å². The van der Waals surface area contributed by atoms with E-state index < -0.39 is 0 Å². The molecule has 4 heteroatoms. The molecule has 0 spiro atoms. The second kappa shape index (κ2) is 8.25. The van der Waals surface area contributed by atoms with E-state index in [4.69, 9.17) is 4.74 Å². The summed E-state index contributed by atoms with van der Waals surface area (Å²) in [6.07, 6.45) is 1.04. The zero-order chi connectivity index (χ0) is 16.8. The molecule has 0 radical (unpaired) electrons. The van der Waals surface area contributed by atoms with E-state index >= 15 is 0 Å². The first-order valence-electron chi connectivity index (χ1n) is 8.29. The first-order chi connectivity index (χ1) is 11.8. The lowest BCUT2D eigenvalue weighted by molar-refractivity contribution is -0.127. The Balaban J connectivity index is 1.46. The van der Waals surface area contributed by atoms with Crippen molar-refractivity contribution in [1.29, 1.82) is 0 Å². The fourth-order valence-corrected chi connectivity index (χ4v) is 3.94. The van der Waals surface area contributed by atoms with Gasteiger partial charge in [-0.25, -0.2) is 0 Å². The van der Waals surface area contributed by atoms with Crippen LogP contribution < -0.4 is 4.74 Å². The highest BCUT2D eigenvalue weighted by Gasteiger charge is 2.27. The molecule has 1 aliphatic rings. The second-order valence-electron chi connectivity index (χ2n) is 6.08. The van der Waals surface area contributed by atoms with Crippen LogP contribution in [0.3, 0.4) is 0 Å². The smallest absolute Gasteiger partial charge is 0.232 e. The predicted molar refractivity (Wildman–Crippen MR) is 99.5 cm³/mol. The van der Waals surface area contributed by atoms with Crippen LogP contribution in [0.4, 0.5) is 0 Å². The van der Waals surface area contributed by atoms with Crippen molar-refractivity contribution in [3.63, 3.8) is 0 Å². The normalized spacial score (nSPS) is 17.0. The van der Waals surface area contributed by atoms with Crippen LogP contribution in [0.15, 0.2) is 54.6 Å². The molecular formula is C20H23NO2S. The van der Waals surface area contributed by atoms with Gasteiger partial charge in [0.05, 0.1) is 12.9 Å². The molecule has 1 amide bonds. The summed E-state index contributed by atoms with van der Waals surface area (Å²) in [5.41, 5.74) is 2.57. The van der Waals surface area contributed by atoms with Crippen LogP contribution in [0.5, 0.6) is 5.75 Å². The van der Waals surface area contributed by atoms with Crippen LogP contribution >= 0.6 is 11.8 Å². The van der Waals surface area contributed by atoms with Crippen LogP contribution in [0, 0.1) is 0 Å². The van der Waals surface area contributed by atoms with Gasteiger partial charge in [-0.15, -0.1) is 11.8 Å². The van der Waals surface area contributed by atoms with E-state index in [1.54, 1.807) is 18.9 Å². The molecule has 3 nitrogen and oxygen atoms in total. The number of benzene rings is 2. The summed E-state index contributed by atoms with van der Waals surface area (Å²) in [4.78, 5) is 14.4. The lowest BCUT2D eigenvalue weighted by Crippen LogP contribution is -2.30. The molecule has 0 unspecified atom stereocenters. The predicted octanol–water partition coefficient (Wildman–Crippen LogP) is 3.94. The van der Waals surface area contributed by atoms with Gasteiger partial charge in [0, 0.05) is 24.8 Å². The number of amides is 1. The van der Waals surface area contributed by atoms with Crippen molar-refractivity contribution in [3.05, 3.63) is 65.7 Å². The Bertz CT molecular complexity index is 657. The number of nitrogens with zero attached hydrogens (tertiary/aromatic N) is 1. The van der Waals surface area contributed by atoms with Gasteiger partial charge in [0.2, 0.25) is 5.91 Å². The van der Waals surface area contributed by atoms with Crippen LogP contribution in [0.1, 0.15) is 23.5 Å². The molecule has 3 rings (SSSR count). The summed E-state index contributed by atoms with van der Waals surface area (Å²) in [5, 5.41) is 0. The van der Waals surface area contributed by atoms with Gasteiger partial charge < -0.3 is 9.64 Å². The molecule has 126 valence electrons. The number of carbonyl (C=O) groups excluding carboxylic acids is 1. The third kappa shape index (κ3) is 4.32. The maximum absolute atomic E-state index is 12.4. The summed E-state index contributed by atoms with van der Waals surface area (Å²) < 4.78 is 5.20. The molecule has 0 saturated carbocycles. The molecule has 1 aliphatic heterocycles.